The molecule has 2 rings (SSSR count). The van der Waals surface area contributed by atoms with E-state index < -0.39 is 24.7 Å². The zero-order valence-electron chi connectivity index (χ0n) is 10.8. The average molecular weight is 336 g/mol. The molecule has 0 aliphatic rings. The molecule has 1 amide bonds. The maximum absolute atomic E-state index is 12.2. The molecule has 2 aromatic rings. The number of nitrogens with one attached hydrogen (secondary N) is 1. The summed E-state index contributed by atoms with van der Waals surface area (Å²) in [6, 6.07) is 3.69. The average Bonchev–Trinajstić information content (AvgIpc) is 3.03. The number of aliphatic hydroxyl groups is 1. The van der Waals surface area contributed by atoms with E-state index in [1.165, 1.54) is 11.3 Å². The molecule has 21 heavy (non-hydrogen) atoms. The number of aliphatic hydroxyl groups excluding tert-OH is 1. The second-order valence-corrected chi connectivity index (χ2v) is 6.13. The highest BCUT2D eigenvalue weighted by molar-refractivity contribution is 7.22. The highest BCUT2D eigenvalue weighted by Crippen LogP contribution is 2.31. The number of aryl methyl sites for hydroxylation is 1. The first-order valence-electron chi connectivity index (χ1n) is 5.83. The lowest BCUT2D eigenvalue weighted by atomic mass is 10.3. The van der Waals surface area contributed by atoms with Gasteiger partial charge in [0.15, 0.2) is 6.10 Å². The molecular weight excluding hydrogens is 325 g/mol. The molecule has 0 fully saturated rings. The van der Waals surface area contributed by atoms with Gasteiger partial charge in [-0.15, -0.1) is 22.7 Å². The Morgan fingerprint density at radius 2 is 2.24 bits per heavy atom. The van der Waals surface area contributed by atoms with E-state index in [0.29, 0.717) is 10.7 Å². The number of aromatic nitrogens is 1. The van der Waals surface area contributed by atoms with Gasteiger partial charge in [-0.1, -0.05) is 6.07 Å². The fourth-order valence-corrected chi connectivity index (χ4v) is 3.28. The fraction of sp³-hybridized carbons (Fsp3) is 0.333. The van der Waals surface area contributed by atoms with Crippen LogP contribution in [-0.2, 0) is 0 Å². The molecule has 0 saturated heterocycles. The molecule has 2 aromatic heterocycles. The van der Waals surface area contributed by atoms with Crippen molar-refractivity contribution in [1.29, 1.82) is 0 Å². The molecule has 0 saturated carbocycles. The molecule has 9 heteroatoms. The van der Waals surface area contributed by atoms with Crippen molar-refractivity contribution in [2.24, 2.45) is 0 Å². The normalized spacial score (nSPS) is 13.2. The molecule has 4 nitrogen and oxygen atoms in total. The summed E-state index contributed by atoms with van der Waals surface area (Å²) in [4.78, 5) is 17.2. The van der Waals surface area contributed by atoms with E-state index >= 15 is 0 Å². The molecule has 0 aliphatic carbocycles. The lowest BCUT2D eigenvalue weighted by molar-refractivity contribution is -0.201. The van der Waals surface area contributed by atoms with Gasteiger partial charge in [0, 0.05) is 0 Å². The summed E-state index contributed by atoms with van der Waals surface area (Å²) in [5, 5.41) is 13.4. The van der Waals surface area contributed by atoms with Crippen LogP contribution in [0.25, 0.3) is 9.88 Å². The van der Waals surface area contributed by atoms with Crippen LogP contribution >= 0.6 is 22.7 Å². The smallest absolute Gasteiger partial charge is 0.382 e. The van der Waals surface area contributed by atoms with Crippen LogP contribution in [0.2, 0.25) is 0 Å². The number of hydrogen-bond donors (Lipinski definition) is 2. The molecule has 1 unspecified atom stereocenters. The van der Waals surface area contributed by atoms with Crippen molar-refractivity contribution < 1.29 is 23.1 Å². The molecule has 2 heterocycles. The standard InChI is InChI=1S/C12H11F3N2O2S2/c1-6-9(10(19)16-5-8(18)12(13,14)15)21-11(17-6)7-3-2-4-20-7/h2-4,8,18H,5H2,1H3,(H,16,19). The second kappa shape index (κ2) is 6.12. The third kappa shape index (κ3) is 3.80. The molecule has 114 valence electrons. The van der Waals surface area contributed by atoms with Gasteiger partial charge in [-0.05, 0) is 18.4 Å². The predicted octanol–water partition coefficient (Wildman–Crippen LogP) is 2.83. The minimum absolute atomic E-state index is 0.243. The van der Waals surface area contributed by atoms with Gasteiger partial charge in [0.05, 0.1) is 17.1 Å². The van der Waals surface area contributed by atoms with Crippen molar-refractivity contribution in [2.45, 2.75) is 19.2 Å². The molecular formula is C12H11F3N2O2S2. The Bertz CT molecular complexity index is 623. The Morgan fingerprint density at radius 3 is 2.81 bits per heavy atom. The summed E-state index contributed by atoms with van der Waals surface area (Å²) in [6.45, 7) is 0.733. The first-order chi connectivity index (χ1) is 9.79. The topological polar surface area (TPSA) is 62.2 Å². The van der Waals surface area contributed by atoms with Gasteiger partial charge in [0.2, 0.25) is 0 Å². The van der Waals surface area contributed by atoms with Crippen LogP contribution < -0.4 is 5.32 Å². The van der Waals surface area contributed by atoms with Gasteiger partial charge in [0.1, 0.15) is 9.88 Å². The Kier molecular flexibility index (Phi) is 4.64. The lowest BCUT2D eigenvalue weighted by Gasteiger charge is -2.14. The largest absolute Gasteiger partial charge is 0.416 e. The van der Waals surface area contributed by atoms with Gasteiger partial charge in [-0.3, -0.25) is 4.79 Å². The van der Waals surface area contributed by atoms with Crippen LogP contribution in [0.3, 0.4) is 0 Å². The first-order valence-corrected chi connectivity index (χ1v) is 7.53. The SMILES string of the molecule is Cc1nc(-c2cccs2)sc1C(=O)NCC(O)C(F)(F)F. The highest BCUT2D eigenvalue weighted by Gasteiger charge is 2.38. The van der Waals surface area contributed by atoms with Crippen molar-refractivity contribution >= 4 is 28.6 Å². The maximum atomic E-state index is 12.2. The molecule has 1 atom stereocenters. The van der Waals surface area contributed by atoms with Crippen molar-refractivity contribution in [1.82, 2.24) is 10.3 Å². The number of carbonyl (C=O) groups excluding carboxylic acids is 1. The molecule has 0 spiro atoms. The second-order valence-electron chi connectivity index (χ2n) is 4.18. The Labute approximate surface area is 126 Å². The number of carbonyl (C=O) groups is 1. The number of thiazole rings is 1. The minimum atomic E-state index is -4.75. The van der Waals surface area contributed by atoms with E-state index in [1.54, 1.807) is 6.92 Å². The van der Waals surface area contributed by atoms with Crippen molar-refractivity contribution in [3.8, 4) is 9.88 Å². The summed E-state index contributed by atoms with van der Waals surface area (Å²) in [5.74, 6) is -0.670. The highest BCUT2D eigenvalue weighted by atomic mass is 32.1. The minimum Gasteiger partial charge on any atom is -0.382 e. The zero-order valence-corrected chi connectivity index (χ0v) is 12.4. The monoisotopic (exact) mass is 336 g/mol. The van der Waals surface area contributed by atoms with Crippen LogP contribution in [0.1, 0.15) is 15.4 Å². The lowest BCUT2D eigenvalue weighted by Crippen LogP contribution is -2.40. The maximum Gasteiger partial charge on any atom is 0.416 e. The van der Waals surface area contributed by atoms with Crippen molar-refractivity contribution in [3.63, 3.8) is 0 Å². The van der Waals surface area contributed by atoms with E-state index in [4.69, 9.17) is 5.11 Å². The molecule has 0 bridgehead atoms. The van der Waals surface area contributed by atoms with Crippen molar-refractivity contribution in [2.75, 3.05) is 6.54 Å². The molecule has 0 aliphatic heterocycles. The summed E-state index contributed by atoms with van der Waals surface area (Å²) in [5.41, 5.74) is 0.447. The molecule has 2 N–H and O–H groups in total. The van der Waals surface area contributed by atoms with E-state index in [2.05, 4.69) is 10.3 Å². The van der Waals surface area contributed by atoms with Gasteiger partial charge < -0.3 is 10.4 Å². The summed E-state index contributed by atoms with van der Waals surface area (Å²) in [7, 11) is 0. The van der Waals surface area contributed by atoms with E-state index in [9.17, 15) is 18.0 Å². The Balaban J connectivity index is 2.07. The van der Waals surface area contributed by atoms with Gasteiger partial charge in [-0.25, -0.2) is 4.98 Å². The van der Waals surface area contributed by atoms with Crippen LogP contribution in [0.5, 0.6) is 0 Å². The third-order valence-corrected chi connectivity index (χ3v) is 4.76. The third-order valence-electron chi connectivity index (χ3n) is 2.57. The zero-order chi connectivity index (χ0) is 15.6. The number of hydrogen-bond acceptors (Lipinski definition) is 5. The number of alkyl halides is 3. The number of rotatable bonds is 4. The van der Waals surface area contributed by atoms with E-state index in [-0.39, 0.29) is 4.88 Å². The van der Waals surface area contributed by atoms with Crippen LogP contribution in [-0.4, -0.2) is 34.8 Å². The summed E-state index contributed by atoms with van der Waals surface area (Å²) < 4.78 is 36.5. The predicted molar refractivity (Wildman–Crippen MR) is 74.6 cm³/mol. The number of thiophene rings is 1. The molecule has 0 radical (unpaired) electrons. The Morgan fingerprint density at radius 1 is 1.52 bits per heavy atom. The van der Waals surface area contributed by atoms with Gasteiger partial charge >= 0.3 is 6.18 Å². The van der Waals surface area contributed by atoms with Crippen LogP contribution in [0, 0.1) is 6.92 Å². The van der Waals surface area contributed by atoms with Gasteiger partial charge in [0.25, 0.3) is 5.91 Å². The quantitative estimate of drug-likeness (QED) is 0.902. The summed E-state index contributed by atoms with van der Waals surface area (Å²) in [6.07, 6.45) is -7.33. The van der Waals surface area contributed by atoms with Crippen LogP contribution in [0.15, 0.2) is 17.5 Å². The number of amides is 1. The fourth-order valence-electron chi connectivity index (χ4n) is 1.50. The number of halogens is 3. The van der Waals surface area contributed by atoms with Crippen LogP contribution in [0.4, 0.5) is 13.2 Å². The van der Waals surface area contributed by atoms with E-state index in [1.807, 2.05) is 17.5 Å². The molecule has 0 aromatic carbocycles. The number of nitrogens with zero attached hydrogens (tertiary/aromatic N) is 1. The van der Waals surface area contributed by atoms with Crippen molar-refractivity contribution in [3.05, 3.63) is 28.1 Å². The first kappa shape index (κ1) is 15.9. The van der Waals surface area contributed by atoms with E-state index in [0.717, 1.165) is 16.2 Å². The van der Waals surface area contributed by atoms with Gasteiger partial charge in [-0.2, -0.15) is 13.2 Å². The Hall–Kier alpha value is -1.45. The summed E-state index contributed by atoms with van der Waals surface area (Å²) >= 11 is 2.57.